The zero-order valence-corrected chi connectivity index (χ0v) is 10.1. The Morgan fingerprint density at radius 3 is 2.88 bits per heavy atom. The van der Waals surface area contributed by atoms with Gasteiger partial charge in [0.2, 0.25) is 0 Å². The highest BCUT2D eigenvalue weighted by Crippen LogP contribution is 2.31. The molecule has 0 spiro atoms. The lowest BCUT2D eigenvalue weighted by molar-refractivity contribution is 0.563. The first-order valence-electron chi connectivity index (χ1n) is 6.11. The fourth-order valence-electron chi connectivity index (χ4n) is 2.00. The largest absolute Gasteiger partial charge is 0.398 e. The molecule has 1 aromatic carbocycles. The van der Waals surface area contributed by atoms with Crippen LogP contribution in [0.4, 0.5) is 5.69 Å². The van der Waals surface area contributed by atoms with Crippen LogP contribution in [0, 0.1) is 12.8 Å². The van der Waals surface area contributed by atoms with E-state index < -0.39 is 0 Å². The Kier molecular flexibility index (Phi) is 2.39. The van der Waals surface area contributed by atoms with E-state index in [1.54, 1.807) is 0 Å². The SMILES string of the molecule is Cc1ccc(-c2cnn(CC3CC3)c2)cc1N. The highest BCUT2D eigenvalue weighted by molar-refractivity contribution is 5.67. The third kappa shape index (κ3) is 2.18. The minimum atomic E-state index is 0.845. The molecule has 0 saturated heterocycles. The van der Waals surface area contributed by atoms with Crippen LogP contribution < -0.4 is 5.73 Å². The van der Waals surface area contributed by atoms with Gasteiger partial charge in [-0.05, 0) is 42.9 Å². The van der Waals surface area contributed by atoms with Gasteiger partial charge in [-0.2, -0.15) is 5.10 Å². The second-order valence-corrected chi connectivity index (χ2v) is 4.97. The molecule has 1 fully saturated rings. The number of aryl methyl sites for hydroxylation is 1. The van der Waals surface area contributed by atoms with E-state index in [2.05, 4.69) is 23.4 Å². The molecule has 3 nitrogen and oxygen atoms in total. The lowest BCUT2D eigenvalue weighted by Gasteiger charge is -2.02. The average Bonchev–Trinajstić information content (AvgIpc) is 2.99. The number of anilines is 1. The molecule has 1 aromatic heterocycles. The highest BCUT2D eigenvalue weighted by Gasteiger charge is 2.21. The summed E-state index contributed by atoms with van der Waals surface area (Å²) in [6, 6.07) is 6.18. The predicted molar refractivity (Wildman–Crippen MR) is 69.5 cm³/mol. The van der Waals surface area contributed by atoms with Gasteiger partial charge >= 0.3 is 0 Å². The van der Waals surface area contributed by atoms with Gasteiger partial charge in [-0.3, -0.25) is 4.68 Å². The van der Waals surface area contributed by atoms with E-state index in [1.807, 2.05) is 23.9 Å². The van der Waals surface area contributed by atoms with Crippen molar-refractivity contribution in [2.75, 3.05) is 5.73 Å². The maximum Gasteiger partial charge on any atom is 0.0568 e. The van der Waals surface area contributed by atoms with Crippen LogP contribution >= 0.6 is 0 Å². The summed E-state index contributed by atoms with van der Waals surface area (Å²) in [4.78, 5) is 0. The van der Waals surface area contributed by atoms with Gasteiger partial charge in [-0.25, -0.2) is 0 Å². The zero-order valence-electron chi connectivity index (χ0n) is 10.1. The number of rotatable bonds is 3. The van der Waals surface area contributed by atoms with Gasteiger partial charge in [0.05, 0.1) is 6.20 Å². The van der Waals surface area contributed by atoms with Crippen LogP contribution in [0.1, 0.15) is 18.4 Å². The van der Waals surface area contributed by atoms with Gasteiger partial charge in [-0.1, -0.05) is 12.1 Å². The Morgan fingerprint density at radius 1 is 1.35 bits per heavy atom. The summed E-state index contributed by atoms with van der Waals surface area (Å²) in [5, 5.41) is 4.40. The molecule has 0 bridgehead atoms. The Morgan fingerprint density at radius 2 is 2.18 bits per heavy atom. The van der Waals surface area contributed by atoms with Crippen LogP contribution in [0.15, 0.2) is 30.6 Å². The first kappa shape index (κ1) is 10.4. The van der Waals surface area contributed by atoms with Crippen molar-refractivity contribution in [2.24, 2.45) is 5.92 Å². The van der Waals surface area contributed by atoms with Crippen molar-refractivity contribution in [3.63, 3.8) is 0 Å². The van der Waals surface area contributed by atoms with Crippen LogP contribution in [0.3, 0.4) is 0 Å². The van der Waals surface area contributed by atoms with Crippen molar-refractivity contribution in [1.29, 1.82) is 0 Å². The molecule has 0 unspecified atom stereocenters. The smallest absolute Gasteiger partial charge is 0.0568 e. The number of nitrogens with two attached hydrogens (primary N) is 1. The molecule has 1 aliphatic carbocycles. The number of aromatic nitrogens is 2. The Bertz CT molecular complexity index is 538. The quantitative estimate of drug-likeness (QED) is 0.819. The molecule has 3 heteroatoms. The molecule has 1 aliphatic rings. The molecule has 17 heavy (non-hydrogen) atoms. The highest BCUT2D eigenvalue weighted by atomic mass is 15.3. The average molecular weight is 227 g/mol. The summed E-state index contributed by atoms with van der Waals surface area (Å²) >= 11 is 0. The summed E-state index contributed by atoms with van der Waals surface area (Å²) in [6.45, 7) is 3.08. The summed E-state index contributed by atoms with van der Waals surface area (Å²) in [7, 11) is 0. The van der Waals surface area contributed by atoms with Crippen LogP contribution in [0.2, 0.25) is 0 Å². The van der Waals surface area contributed by atoms with E-state index in [4.69, 9.17) is 5.73 Å². The van der Waals surface area contributed by atoms with Gasteiger partial charge in [0.1, 0.15) is 0 Å². The van der Waals surface area contributed by atoms with Crippen molar-refractivity contribution < 1.29 is 0 Å². The van der Waals surface area contributed by atoms with E-state index in [1.165, 1.54) is 12.8 Å². The van der Waals surface area contributed by atoms with Crippen LogP contribution in [0.25, 0.3) is 11.1 Å². The van der Waals surface area contributed by atoms with E-state index >= 15 is 0 Å². The first-order valence-corrected chi connectivity index (χ1v) is 6.11. The second kappa shape index (κ2) is 3.91. The molecule has 1 heterocycles. The van der Waals surface area contributed by atoms with Crippen molar-refractivity contribution in [2.45, 2.75) is 26.3 Å². The van der Waals surface area contributed by atoms with Crippen molar-refractivity contribution >= 4 is 5.69 Å². The Hall–Kier alpha value is -1.77. The lowest BCUT2D eigenvalue weighted by atomic mass is 10.1. The minimum Gasteiger partial charge on any atom is -0.398 e. The van der Waals surface area contributed by atoms with Gasteiger partial charge in [0.25, 0.3) is 0 Å². The molecule has 0 radical (unpaired) electrons. The van der Waals surface area contributed by atoms with E-state index in [9.17, 15) is 0 Å². The Balaban J connectivity index is 1.86. The third-order valence-corrected chi connectivity index (χ3v) is 3.39. The Labute approximate surface area is 101 Å². The monoisotopic (exact) mass is 227 g/mol. The molecule has 1 saturated carbocycles. The fraction of sp³-hybridized carbons (Fsp3) is 0.357. The number of nitrogens with zero attached hydrogens (tertiary/aromatic N) is 2. The van der Waals surface area contributed by atoms with Gasteiger partial charge in [0, 0.05) is 24.0 Å². The van der Waals surface area contributed by atoms with Gasteiger partial charge < -0.3 is 5.73 Å². The molecule has 0 atom stereocenters. The molecule has 3 rings (SSSR count). The van der Waals surface area contributed by atoms with E-state index in [0.717, 1.165) is 34.8 Å². The number of nitrogen functional groups attached to an aromatic ring is 1. The summed E-state index contributed by atoms with van der Waals surface area (Å²) in [6.07, 6.45) is 6.74. The molecule has 2 N–H and O–H groups in total. The van der Waals surface area contributed by atoms with Crippen molar-refractivity contribution in [1.82, 2.24) is 9.78 Å². The predicted octanol–water partition coefficient (Wildman–Crippen LogP) is 2.85. The summed E-state index contributed by atoms with van der Waals surface area (Å²) < 4.78 is 2.04. The number of benzene rings is 1. The van der Waals surface area contributed by atoms with Crippen LogP contribution in [-0.2, 0) is 6.54 Å². The second-order valence-electron chi connectivity index (χ2n) is 4.97. The molecule has 2 aromatic rings. The first-order chi connectivity index (χ1) is 8.22. The molecular weight excluding hydrogens is 210 g/mol. The number of hydrogen-bond acceptors (Lipinski definition) is 2. The van der Waals surface area contributed by atoms with Gasteiger partial charge in [0.15, 0.2) is 0 Å². The molecule has 0 aliphatic heterocycles. The third-order valence-electron chi connectivity index (χ3n) is 3.39. The minimum absolute atomic E-state index is 0.845. The fourth-order valence-corrected chi connectivity index (χ4v) is 2.00. The topological polar surface area (TPSA) is 43.8 Å². The van der Waals surface area contributed by atoms with E-state index in [0.29, 0.717) is 0 Å². The van der Waals surface area contributed by atoms with Crippen molar-refractivity contribution in [3.05, 3.63) is 36.2 Å². The molecule has 88 valence electrons. The van der Waals surface area contributed by atoms with Crippen LogP contribution in [0.5, 0.6) is 0 Å². The number of hydrogen-bond donors (Lipinski definition) is 1. The van der Waals surface area contributed by atoms with E-state index in [-0.39, 0.29) is 0 Å². The van der Waals surface area contributed by atoms with Gasteiger partial charge in [-0.15, -0.1) is 0 Å². The molecule has 0 amide bonds. The van der Waals surface area contributed by atoms with Crippen molar-refractivity contribution in [3.8, 4) is 11.1 Å². The normalized spacial score (nSPS) is 15.1. The zero-order chi connectivity index (χ0) is 11.8. The van der Waals surface area contributed by atoms with Crippen LogP contribution in [-0.4, -0.2) is 9.78 Å². The maximum absolute atomic E-state index is 5.93. The maximum atomic E-state index is 5.93. The lowest BCUT2D eigenvalue weighted by Crippen LogP contribution is -1.99. The summed E-state index contributed by atoms with van der Waals surface area (Å²) in [5.41, 5.74) is 10.2. The molecular formula is C14H17N3. The standard InChI is InChI=1S/C14H17N3/c1-10-2-5-12(6-14(10)15)13-7-16-17(9-13)8-11-3-4-11/h2,5-7,9,11H,3-4,8,15H2,1H3. The summed E-state index contributed by atoms with van der Waals surface area (Å²) in [5.74, 6) is 0.853.